The molecule has 41 heavy (non-hydrogen) atoms. The smallest absolute Gasteiger partial charge is 0.490 e. The number of phosphoric ester groups is 1. The lowest BCUT2D eigenvalue weighted by Crippen LogP contribution is -2.18. The zero-order valence-electron chi connectivity index (χ0n) is 26.2. The zero-order chi connectivity index (χ0) is 30.2. The number of ether oxygens (including phenoxy) is 2. The molecule has 1 saturated heterocycles. The van der Waals surface area contributed by atoms with E-state index in [0.717, 1.165) is 34.6 Å². The first-order valence-electron chi connectivity index (χ1n) is 14.2. The molecule has 222 valence electrons. The minimum atomic E-state index is -4.23. The van der Waals surface area contributed by atoms with Gasteiger partial charge in [0.05, 0.1) is 6.61 Å². The van der Waals surface area contributed by atoms with Crippen LogP contribution in [0.1, 0.15) is 84.6 Å². The summed E-state index contributed by atoms with van der Waals surface area (Å²) in [6.45, 7) is 22.3. The van der Waals surface area contributed by atoms with Crippen molar-refractivity contribution in [1.82, 2.24) is 0 Å². The van der Waals surface area contributed by atoms with Crippen molar-refractivity contribution in [1.29, 1.82) is 0 Å². The van der Waals surface area contributed by atoms with Gasteiger partial charge in [0.2, 0.25) is 0 Å². The van der Waals surface area contributed by atoms with E-state index in [-0.39, 0.29) is 22.3 Å². The molecular weight excluding hydrogens is 535 g/mol. The maximum absolute atomic E-state index is 14.5. The van der Waals surface area contributed by atoms with Gasteiger partial charge in [0.25, 0.3) is 0 Å². The van der Waals surface area contributed by atoms with Crippen LogP contribution in [0.5, 0.6) is 23.0 Å². The van der Waals surface area contributed by atoms with Crippen molar-refractivity contribution in [2.24, 2.45) is 0 Å². The summed E-state index contributed by atoms with van der Waals surface area (Å²) in [4.78, 5) is 0. The predicted octanol–water partition coefficient (Wildman–Crippen LogP) is 9.31. The summed E-state index contributed by atoms with van der Waals surface area (Å²) in [6, 6.07) is 18.8. The second-order valence-electron chi connectivity index (χ2n) is 13.9. The van der Waals surface area contributed by atoms with Crippen molar-refractivity contribution in [3.63, 3.8) is 0 Å². The minimum Gasteiger partial charge on any atom is -0.490 e. The Morgan fingerprint density at radius 3 is 1.88 bits per heavy atom. The highest BCUT2D eigenvalue weighted by molar-refractivity contribution is 7.49. The molecule has 1 heterocycles. The molecule has 3 aromatic carbocycles. The summed E-state index contributed by atoms with van der Waals surface area (Å²) in [5.74, 6) is 1.97. The van der Waals surface area contributed by atoms with Crippen LogP contribution in [-0.2, 0) is 25.5 Å². The summed E-state index contributed by atoms with van der Waals surface area (Å²) in [5, 5.41) is 0. The topological polar surface area (TPSA) is 66.5 Å². The van der Waals surface area contributed by atoms with E-state index < -0.39 is 7.82 Å². The predicted molar refractivity (Wildman–Crippen MR) is 165 cm³/mol. The van der Waals surface area contributed by atoms with E-state index in [1.54, 1.807) is 12.1 Å². The average molecular weight is 581 g/mol. The number of hydrogen-bond acceptors (Lipinski definition) is 6. The van der Waals surface area contributed by atoms with E-state index in [1.807, 2.05) is 49.4 Å². The SMILES string of the molecule is Cc1cccc(OP(=O)(Oc2ccc(OCC3CO3)c(C(C)(C)C)c2)Oc2ccc(C(C)(C)C)cc2C(C)(C)C)c1. The monoisotopic (exact) mass is 580 g/mol. The number of phosphoric acid groups is 1. The van der Waals surface area contributed by atoms with Gasteiger partial charge in [-0.25, -0.2) is 0 Å². The Hall–Kier alpha value is -2.95. The first-order valence-corrected chi connectivity index (χ1v) is 15.7. The molecule has 0 amide bonds. The quantitative estimate of drug-likeness (QED) is 0.186. The van der Waals surface area contributed by atoms with Crippen molar-refractivity contribution in [2.75, 3.05) is 13.2 Å². The molecule has 1 fully saturated rings. The Labute approximate surface area is 245 Å². The van der Waals surface area contributed by atoms with Crippen molar-refractivity contribution in [3.05, 3.63) is 82.9 Å². The number of benzene rings is 3. The van der Waals surface area contributed by atoms with Crippen LogP contribution in [-0.4, -0.2) is 19.3 Å². The Balaban J connectivity index is 1.74. The fourth-order valence-corrected chi connectivity index (χ4v) is 5.65. The van der Waals surface area contributed by atoms with Crippen LogP contribution >= 0.6 is 7.82 Å². The van der Waals surface area contributed by atoms with E-state index in [4.69, 9.17) is 23.0 Å². The molecule has 0 radical (unpaired) electrons. The molecule has 0 aromatic heterocycles. The highest BCUT2D eigenvalue weighted by Gasteiger charge is 2.36. The molecule has 2 atom stereocenters. The molecule has 6 nitrogen and oxygen atoms in total. The minimum absolute atomic E-state index is 0.0599. The third-order valence-corrected chi connectivity index (χ3v) is 8.16. The van der Waals surface area contributed by atoms with Gasteiger partial charge >= 0.3 is 7.82 Å². The van der Waals surface area contributed by atoms with Gasteiger partial charge in [-0.1, -0.05) is 86.6 Å². The van der Waals surface area contributed by atoms with Crippen LogP contribution in [0.25, 0.3) is 0 Å². The standard InChI is InChI=1S/C34H45O6P/c1-23-12-11-13-25(18-23)38-41(35,40-31-16-14-24(32(2,3)4)19-28(31)33(5,6)7)39-26-15-17-30(37-22-27-21-36-27)29(20-26)34(8,9)10/h11-20,27H,21-22H2,1-10H3. The molecular formula is C34H45O6P. The van der Waals surface area contributed by atoms with Gasteiger partial charge in [0.1, 0.15) is 35.7 Å². The maximum Gasteiger partial charge on any atom is 0.647 e. The third kappa shape index (κ3) is 8.30. The fourth-order valence-electron chi connectivity index (χ4n) is 4.39. The molecule has 4 rings (SSSR count). The number of rotatable bonds is 9. The number of hydrogen-bond donors (Lipinski definition) is 0. The van der Waals surface area contributed by atoms with E-state index in [1.165, 1.54) is 0 Å². The van der Waals surface area contributed by atoms with Gasteiger partial charge < -0.3 is 23.0 Å². The molecule has 3 aromatic rings. The molecule has 0 N–H and O–H groups in total. The van der Waals surface area contributed by atoms with Crippen LogP contribution < -0.4 is 18.3 Å². The van der Waals surface area contributed by atoms with E-state index in [2.05, 4.69) is 68.4 Å². The summed E-state index contributed by atoms with van der Waals surface area (Å²) < 4.78 is 44.4. The lowest BCUT2D eigenvalue weighted by atomic mass is 9.80. The van der Waals surface area contributed by atoms with Crippen LogP contribution in [0.15, 0.2) is 60.7 Å². The van der Waals surface area contributed by atoms with Crippen LogP contribution in [0.2, 0.25) is 0 Å². The lowest BCUT2D eigenvalue weighted by Gasteiger charge is -2.29. The van der Waals surface area contributed by atoms with E-state index >= 15 is 0 Å². The largest absolute Gasteiger partial charge is 0.647 e. The molecule has 0 bridgehead atoms. The van der Waals surface area contributed by atoms with Gasteiger partial charge in [-0.2, -0.15) is 4.57 Å². The Bertz CT molecular complexity index is 1420. The highest BCUT2D eigenvalue weighted by Crippen LogP contribution is 2.52. The number of aryl methyl sites for hydroxylation is 1. The summed E-state index contributed by atoms with van der Waals surface area (Å²) in [5.41, 5.74) is 3.36. The second kappa shape index (κ2) is 11.4. The Morgan fingerprint density at radius 2 is 1.32 bits per heavy atom. The fraction of sp³-hybridized carbons (Fsp3) is 0.471. The average Bonchev–Trinajstić information content (AvgIpc) is 3.66. The first kappa shape index (κ1) is 31.0. The Kier molecular flexibility index (Phi) is 8.60. The van der Waals surface area contributed by atoms with Crippen LogP contribution in [0.4, 0.5) is 0 Å². The first-order chi connectivity index (χ1) is 18.9. The van der Waals surface area contributed by atoms with E-state index in [0.29, 0.717) is 23.9 Å². The number of epoxide rings is 1. The lowest BCUT2D eigenvalue weighted by molar-refractivity contribution is 0.257. The van der Waals surface area contributed by atoms with Crippen LogP contribution in [0.3, 0.4) is 0 Å². The van der Waals surface area contributed by atoms with Gasteiger partial charge in [-0.05, 0) is 70.7 Å². The van der Waals surface area contributed by atoms with Crippen molar-refractivity contribution < 1.29 is 27.6 Å². The van der Waals surface area contributed by atoms with Gasteiger partial charge in [0, 0.05) is 11.1 Å². The van der Waals surface area contributed by atoms with Crippen molar-refractivity contribution >= 4 is 7.82 Å². The van der Waals surface area contributed by atoms with Crippen molar-refractivity contribution in [3.8, 4) is 23.0 Å². The van der Waals surface area contributed by atoms with Gasteiger partial charge in [0.15, 0.2) is 0 Å². The van der Waals surface area contributed by atoms with Gasteiger partial charge in [-0.3, -0.25) is 0 Å². The zero-order valence-corrected chi connectivity index (χ0v) is 27.1. The normalized spacial score (nSPS) is 17.0. The molecule has 0 saturated carbocycles. The summed E-state index contributed by atoms with van der Waals surface area (Å²) in [7, 11) is -4.23. The molecule has 0 spiro atoms. The second-order valence-corrected chi connectivity index (χ2v) is 15.4. The summed E-state index contributed by atoms with van der Waals surface area (Å²) in [6.07, 6.45) is 0.136. The molecule has 1 aliphatic heterocycles. The molecule has 2 unspecified atom stereocenters. The molecule has 1 aliphatic rings. The summed E-state index contributed by atoms with van der Waals surface area (Å²) >= 11 is 0. The van der Waals surface area contributed by atoms with Crippen molar-refractivity contribution in [2.45, 2.75) is 91.6 Å². The molecule has 7 heteroatoms. The van der Waals surface area contributed by atoms with Crippen LogP contribution in [0, 0.1) is 6.92 Å². The van der Waals surface area contributed by atoms with E-state index in [9.17, 15) is 4.57 Å². The maximum atomic E-state index is 14.5. The highest BCUT2D eigenvalue weighted by atomic mass is 31.2. The third-order valence-electron chi connectivity index (χ3n) is 6.87. The Morgan fingerprint density at radius 1 is 0.732 bits per heavy atom. The molecule has 0 aliphatic carbocycles. The van der Waals surface area contributed by atoms with Gasteiger partial charge in [-0.15, -0.1) is 0 Å².